The molecule has 0 saturated heterocycles. The van der Waals surface area contributed by atoms with Crippen LogP contribution in [0.3, 0.4) is 0 Å². The van der Waals surface area contributed by atoms with Crippen molar-refractivity contribution < 1.29 is 14.2 Å². The van der Waals surface area contributed by atoms with Crippen molar-refractivity contribution >= 4 is 6.08 Å². The fourth-order valence-corrected chi connectivity index (χ4v) is 1.21. The van der Waals surface area contributed by atoms with Gasteiger partial charge in [-0.25, -0.2) is 0 Å². The van der Waals surface area contributed by atoms with Crippen LogP contribution in [0, 0.1) is 0 Å². The van der Waals surface area contributed by atoms with E-state index in [1.54, 1.807) is 33.5 Å². The van der Waals surface area contributed by atoms with Gasteiger partial charge in [0.05, 0.1) is 21.3 Å². The number of benzene rings is 1. The Morgan fingerprint density at radius 1 is 0.929 bits per heavy atom. The lowest BCUT2D eigenvalue weighted by molar-refractivity contribution is 0.348. The van der Waals surface area contributed by atoms with Crippen molar-refractivity contribution in [2.24, 2.45) is 0 Å². The van der Waals surface area contributed by atoms with Gasteiger partial charge in [-0.05, 0) is 6.07 Å². The second-order valence-electron chi connectivity index (χ2n) is 2.65. The third kappa shape index (κ3) is 1.82. The predicted molar refractivity (Wildman–Crippen MR) is 56.2 cm³/mol. The molecule has 14 heavy (non-hydrogen) atoms. The van der Waals surface area contributed by atoms with Crippen LogP contribution in [0.5, 0.6) is 17.2 Å². The van der Waals surface area contributed by atoms with Crippen LogP contribution in [0.2, 0.25) is 0 Å². The van der Waals surface area contributed by atoms with Gasteiger partial charge in [-0.15, -0.1) is 0 Å². The third-order valence-corrected chi connectivity index (χ3v) is 1.96. The highest BCUT2D eigenvalue weighted by molar-refractivity contribution is 5.62. The summed E-state index contributed by atoms with van der Waals surface area (Å²) in [6.45, 7) is 3.69. The summed E-state index contributed by atoms with van der Waals surface area (Å²) in [7, 11) is 4.79. The van der Waals surface area contributed by atoms with Crippen molar-refractivity contribution in [2.45, 2.75) is 0 Å². The van der Waals surface area contributed by atoms with E-state index in [1.165, 1.54) is 0 Å². The average Bonchev–Trinajstić information content (AvgIpc) is 2.26. The minimum atomic E-state index is 0.648. The Labute approximate surface area is 83.9 Å². The standard InChI is InChI=1S/C11H14O3/c1-5-8-6-10(13-3)11(14-4)7-9(8)12-2/h5-7H,1H2,2-4H3. The summed E-state index contributed by atoms with van der Waals surface area (Å²) in [5.74, 6) is 2.04. The molecular formula is C11H14O3. The van der Waals surface area contributed by atoms with Crippen LogP contribution in [0.25, 0.3) is 6.08 Å². The largest absolute Gasteiger partial charge is 0.496 e. The Morgan fingerprint density at radius 3 is 1.86 bits per heavy atom. The molecule has 0 aliphatic heterocycles. The molecule has 1 rings (SSSR count). The fourth-order valence-electron chi connectivity index (χ4n) is 1.21. The van der Waals surface area contributed by atoms with Gasteiger partial charge in [0.15, 0.2) is 11.5 Å². The van der Waals surface area contributed by atoms with Crippen molar-refractivity contribution in [1.82, 2.24) is 0 Å². The van der Waals surface area contributed by atoms with Gasteiger partial charge in [0.1, 0.15) is 5.75 Å². The molecule has 0 heterocycles. The molecule has 0 unspecified atom stereocenters. The molecule has 3 heteroatoms. The SMILES string of the molecule is C=Cc1cc(OC)c(OC)cc1OC. The molecule has 0 spiro atoms. The Morgan fingerprint density at radius 2 is 1.43 bits per heavy atom. The minimum absolute atomic E-state index is 0.648. The number of hydrogen-bond donors (Lipinski definition) is 0. The van der Waals surface area contributed by atoms with Crippen molar-refractivity contribution in [2.75, 3.05) is 21.3 Å². The van der Waals surface area contributed by atoms with E-state index in [1.807, 2.05) is 6.07 Å². The van der Waals surface area contributed by atoms with Crippen LogP contribution in [-0.2, 0) is 0 Å². The van der Waals surface area contributed by atoms with Gasteiger partial charge in [0.25, 0.3) is 0 Å². The maximum atomic E-state index is 5.17. The molecule has 0 amide bonds. The molecule has 0 atom stereocenters. The van der Waals surface area contributed by atoms with E-state index in [9.17, 15) is 0 Å². The van der Waals surface area contributed by atoms with Crippen LogP contribution in [0.1, 0.15) is 5.56 Å². The monoisotopic (exact) mass is 194 g/mol. The molecule has 0 aliphatic carbocycles. The first-order valence-corrected chi connectivity index (χ1v) is 4.19. The summed E-state index contributed by atoms with van der Waals surface area (Å²) >= 11 is 0. The number of methoxy groups -OCH3 is 3. The Balaban J connectivity index is 3.27. The predicted octanol–water partition coefficient (Wildman–Crippen LogP) is 2.36. The summed E-state index contributed by atoms with van der Waals surface area (Å²) in [5, 5.41) is 0. The number of rotatable bonds is 4. The van der Waals surface area contributed by atoms with Gasteiger partial charge in [-0.2, -0.15) is 0 Å². The van der Waals surface area contributed by atoms with Crippen LogP contribution in [0.4, 0.5) is 0 Å². The van der Waals surface area contributed by atoms with Crippen molar-refractivity contribution in [3.8, 4) is 17.2 Å². The molecule has 0 saturated carbocycles. The zero-order valence-electron chi connectivity index (χ0n) is 8.66. The maximum Gasteiger partial charge on any atom is 0.164 e. The van der Waals surface area contributed by atoms with Crippen molar-refractivity contribution in [3.63, 3.8) is 0 Å². The summed E-state index contributed by atoms with van der Waals surface area (Å²) < 4.78 is 15.5. The second-order valence-corrected chi connectivity index (χ2v) is 2.65. The zero-order valence-corrected chi connectivity index (χ0v) is 8.66. The summed E-state index contributed by atoms with van der Waals surface area (Å²) in [5.41, 5.74) is 0.880. The quantitative estimate of drug-likeness (QED) is 0.736. The molecule has 1 aromatic rings. The molecule has 0 aromatic heterocycles. The van der Waals surface area contributed by atoms with Crippen LogP contribution >= 0.6 is 0 Å². The molecular weight excluding hydrogens is 180 g/mol. The van der Waals surface area contributed by atoms with Crippen LogP contribution < -0.4 is 14.2 Å². The summed E-state index contributed by atoms with van der Waals surface area (Å²) in [6, 6.07) is 3.60. The maximum absolute atomic E-state index is 5.17. The Kier molecular flexibility index (Phi) is 3.40. The molecule has 0 fully saturated rings. The topological polar surface area (TPSA) is 27.7 Å². The first-order valence-electron chi connectivity index (χ1n) is 4.19. The lowest BCUT2D eigenvalue weighted by atomic mass is 10.1. The lowest BCUT2D eigenvalue weighted by Crippen LogP contribution is -1.94. The van der Waals surface area contributed by atoms with Crippen molar-refractivity contribution in [1.29, 1.82) is 0 Å². The highest BCUT2D eigenvalue weighted by atomic mass is 16.5. The van der Waals surface area contributed by atoms with Gasteiger partial charge in [0.2, 0.25) is 0 Å². The van der Waals surface area contributed by atoms with Gasteiger partial charge < -0.3 is 14.2 Å². The summed E-state index contributed by atoms with van der Waals surface area (Å²) in [6.07, 6.45) is 1.71. The second kappa shape index (κ2) is 4.56. The van der Waals surface area contributed by atoms with E-state index in [0.29, 0.717) is 11.5 Å². The van der Waals surface area contributed by atoms with E-state index in [-0.39, 0.29) is 0 Å². The smallest absolute Gasteiger partial charge is 0.164 e. The van der Waals surface area contributed by atoms with E-state index < -0.39 is 0 Å². The van der Waals surface area contributed by atoms with Gasteiger partial charge in [-0.3, -0.25) is 0 Å². The highest BCUT2D eigenvalue weighted by Gasteiger charge is 2.08. The molecule has 0 aliphatic rings. The molecule has 0 radical (unpaired) electrons. The number of hydrogen-bond acceptors (Lipinski definition) is 3. The van der Waals surface area contributed by atoms with Gasteiger partial charge in [0, 0.05) is 11.6 Å². The van der Waals surface area contributed by atoms with E-state index in [0.717, 1.165) is 11.3 Å². The minimum Gasteiger partial charge on any atom is -0.496 e. The molecule has 0 N–H and O–H groups in total. The zero-order chi connectivity index (χ0) is 10.6. The molecule has 0 bridgehead atoms. The fraction of sp³-hybridized carbons (Fsp3) is 0.273. The van der Waals surface area contributed by atoms with Gasteiger partial charge >= 0.3 is 0 Å². The normalized spacial score (nSPS) is 9.36. The average molecular weight is 194 g/mol. The Hall–Kier alpha value is -1.64. The van der Waals surface area contributed by atoms with E-state index in [2.05, 4.69) is 6.58 Å². The van der Waals surface area contributed by atoms with E-state index in [4.69, 9.17) is 14.2 Å². The van der Waals surface area contributed by atoms with Gasteiger partial charge in [-0.1, -0.05) is 12.7 Å². The molecule has 76 valence electrons. The molecule has 3 nitrogen and oxygen atoms in total. The highest BCUT2D eigenvalue weighted by Crippen LogP contribution is 2.34. The van der Waals surface area contributed by atoms with E-state index >= 15 is 0 Å². The van der Waals surface area contributed by atoms with Crippen LogP contribution in [-0.4, -0.2) is 21.3 Å². The number of ether oxygens (including phenoxy) is 3. The summed E-state index contributed by atoms with van der Waals surface area (Å²) in [4.78, 5) is 0. The molecule has 1 aromatic carbocycles. The first-order chi connectivity index (χ1) is 6.76. The van der Waals surface area contributed by atoms with Crippen molar-refractivity contribution in [3.05, 3.63) is 24.3 Å². The lowest BCUT2D eigenvalue weighted by Gasteiger charge is -2.11. The first kappa shape index (κ1) is 10.4. The Bertz CT molecular complexity index is 332. The third-order valence-electron chi connectivity index (χ3n) is 1.96. The van der Waals surface area contributed by atoms with Crippen LogP contribution in [0.15, 0.2) is 18.7 Å².